The molecule has 1 unspecified atom stereocenters. The number of nitrogens with one attached hydrogen (secondary N) is 1. The van der Waals surface area contributed by atoms with E-state index in [2.05, 4.69) is 57.4 Å². The van der Waals surface area contributed by atoms with Gasteiger partial charge in [0.15, 0.2) is 0 Å². The van der Waals surface area contributed by atoms with E-state index in [1.165, 1.54) is 16.9 Å². The zero-order valence-electron chi connectivity index (χ0n) is 9.99. The van der Waals surface area contributed by atoms with Gasteiger partial charge in [0.05, 0.1) is 6.20 Å². The average molecular weight is 346 g/mol. The van der Waals surface area contributed by atoms with Crippen LogP contribution in [0.2, 0.25) is 4.34 Å². The average Bonchev–Trinajstić information content (AvgIpc) is 2.76. The summed E-state index contributed by atoms with van der Waals surface area (Å²) in [4.78, 5) is 4.22. The van der Waals surface area contributed by atoms with Crippen LogP contribution in [-0.2, 0) is 13.0 Å². The van der Waals surface area contributed by atoms with Crippen LogP contribution in [0.4, 0.5) is 0 Å². The molecule has 0 saturated carbocycles. The lowest BCUT2D eigenvalue weighted by Gasteiger charge is -2.12. The summed E-state index contributed by atoms with van der Waals surface area (Å²) in [5, 5.41) is 4.48. The van der Waals surface area contributed by atoms with Gasteiger partial charge in [-0.3, -0.25) is 0 Å². The molecule has 0 fully saturated rings. The molecule has 2 nitrogen and oxygen atoms in total. The van der Waals surface area contributed by atoms with Crippen molar-refractivity contribution in [3.05, 3.63) is 49.8 Å². The minimum absolute atomic E-state index is 0.411. The molecule has 18 heavy (non-hydrogen) atoms. The van der Waals surface area contributed by atoms with Gasteiger partial charge in [-0.1, -0.05) is 39.7 Å². The quantitative estimate of drug-likeness (QED) is 0.875. The predicted octanol–water partition coefficient (Wildman–Crippen LogP) is 4.28. The zero-order valence-corrected chi connectivity index (χ0v) is 13.1. The summed E-state index contributed by atoms with van der Waals surface area (Å²) >= 11 is 10.8. The van der Waals surface area contributed by atoms with Crippen molar-refractivity contribution < 1.29 is 0 Å². The maximum atomic E-state index is 5.84. The Morgan fingerprint density at radius 2 is 2.11 bits per heavy atom. The Labute approximate surface area is 125 Å². The summed E-state index contributed by atoms with van der Waals surface area (Å²) in [6.07, 6.45) is 2.70. The lowest BCUT2D eigenvalue weighted by molar-refractivity contribution is 0.544. The molecule has 5 heteroatoms. The van der Waals surface area contributed by atoms with Crippen LogP contribution in [0, 0.1) is 0 Å². The van der Waals surface area contributed by atoms with Crippen molar-refractivity contribution in [1.82, 2.24) is 10.3 Å². The summed E-state index contributed by atoms with van der Waals surface area (Å²) in [5.41, 5.74) is 1.33. The van der Waals surface area contributed by atoms with Crippen molar-refractivity contribution in [1.29, 1.82) is 0 Å². The number of aromatic nitrogens is 1. The largest absolute Gasteiger partial charge is 0.308 e. The second kappa shape index (κ2) is 6.66. The van der Waals surface area contributed by atoms with Crippen molar-refractivity contribution in [3.8, 4) is 0 Å². The normalized spacial score (nSPS) is 12.6. The maximum absolute atomic E-state index is 5.84. The molecule has 1 atom stereocenters. The van der Waals surface area contributed by atoms with Crippen LogP contribution in [-0.4, -0.2) is 11.0 Å². The SMILES string of the molecule is CC(Cc1ccc(Br)cc1)NCc1ncc(Cl)s1. The smallest absolute Gasteiger partial charge is 0.113 e. The third-order valence-electron chi connectivity index (χ3n) is 2.58. The van der Waals surface area contributed by atoms with Crippen LogP contribution in [0.3, 0.4) is 0 Å². The molecule has 1 aromatic carbocycles. The third kappa shape index (κ3) is 4.35. The van der Waals surface area contributed by atoms with Gasteiger partial charge in [-0.05, 0) is 31.0 Å². The summed E-state index contributed by atoms with van der Waals surface area (Å²) < 4.78 is 1.86. The first-order valence-electron chi connectivity index (χ1n) is 5.71. The number of benzene rings is 1. The monoisotopic (exact) mass is 344 g/mol. The molecule has 0 aliphatic rings. The Hall–Kier alpha value is -0.420. The summed E-state index contributed by atoms with van der Waals surface area (Å²) in [7, 11) is 0. The zero-order chi connectivity index (χ0) is 13.0. The van der Waals surface area contributed by atoms with Gasteiger partial charge < -0.3 is 5.32 Å². The Morgan fingerprint density at radius 1 is 1.39 bits per heavy atom. The third-order valence-corrected chi connectivity index (χ3v) is 4.23. The summed E-state index contributed by atoms with van der Waals surface area (Å²) in [6, 6.07) is 8.84. The predicted molar refractivity (Wildman–Crippen MR) is 81.3 cm³/mol. The van der Waals surface area contributed by atoms with Crippen LogP contribution < -0.4 is 5.32 Å². The highest BCUT2D eigenvalue weighted by Crippen LogP contribution is 2.18. The second-order valence-electron chi connectivity index (χ2n) is 4.17. The van der Waals surface area contributed by atoms with E-state index >= 15 is 0 Å². The van der Waals surface area contributed by atoms with Crippen molar-refractivity contribution >= 4 is 38.9 Å². The van der Waals surface area contributed by atoms with Gasteiger partial charge in [0, 0.05) is 17.1 Å². The molecule has 0 bridgehead atoms. The Balaban J connectivity index is 1.81. The van der Waals surface area contributed by atoms with Gasteiger partial charge in [0.1, 0.15) is 9.34 Å². The van der Waals surface area contributed by atoms with E-state index in [-0.39, 0.29) is 0 Å². The number of hydrogen-bond acceptors (Lipinski definition) is 3. The Kier molecular flexibility index (Phi) is 5.18. The number of nitrogens with zero attached hydrogens (tertiary/aromatic N) is 1. The van der Waals surface area contributed by atoms with Gasteiger partial charge in [0.25, 0.3) is 0 Å². The number of rotatable bonds is 5. The highest BCUT2D eigenvalue weighted by atomic mass is 79.9. The molecule has 0 radical (unpaired) electrons. The number of halogens is 2. The van der Waals surface area contributed by atoms with Gasteiger partial charge in [-0.15, -0.1) is 11.3 Å². The first-order valence-corrected chi connectivity index (χ1v) is 7.70. The molecule has 1 heterocycles. The van der Waals surface area contributed by atoms with E-state index in [9.17, 15) is 0 Å². The minimum Gasteiger partial charge on any atom is -0.308 e. The standard InChI is InChI=1S/C13H14BrClN2S/c1-9(6-10-2-4-11(14)5-3-10)16-8-13-17-7-12(15)18-13/h2-5,7,9,16H,6,8H2,1H3. The van der Waals surface area contributed by atoms with E-state index in [0.717, 1.165) is 26.8 Å². The Morgan fingerprint density at radius 3 is 2.72 bits per heavy atom. The molecule has 0 aliphatic carbocycles. The van der Waals surface area contributed by atoms with Gasteiger partial charge in [-0.2, -0.15) is 0 Å². The number of thiazole rings is 1. The van der Waals surface area contributed by atoms with Gasteiger partial charge >= 0.3 is 0 Å². The molecule has 2 aromatic rings. The van der Waals surface area contributed by atoms with Crippen molar-refractivity contribution in [3.63, 3.8) is 0 Å². The highest BCUT2D eigenvalue weighted by Gasteiger charge is 2.05. The molecule has 96 valence electrons. The summed E-state index contributed by atoms with van der Waals surface area (Å²) in [5.74, 6) is 0. The first-order chi connectivity index (χ1) is 8.63. The van der Waals surface area contributed by atoms with E-state index in [1.54, 1.807) is 6.20 Å². The number of hydrogen-bond donors (Lipinski definition) is 1. The summed E-state index contributed by atoms with van der Waals surface area (Å²) in [6.45, 7) is 2.95. The van der Waals surface area contributed by atoms with E-state index in [1.807, 2.05) is 0 Å². The molecule has 1 N–H and O–H groups in total. The van der Waals surface area contributed by atoms with Gasteiger partial charge in [-0.25, -0.2) is 4.98 Å². The highest BCUT2D eigenvalue weighted by molar-refractivity contribution is 9.10. The molecule has 2 rings (SSSR count). The lowest BCUT2D eigenvalue weighted by Crippen LogP contribution is -2.27. The van der Waals surface area contributed by atoms with Crippen LogP contribution in [0.1, 0.15) is 17.5 Å². The van der Waals surface area contributed by atoms with Crippen molar-refractivity contribution in [2.24, 2.45) is 0 Å². The fraction of sp³-hybridized carbons (Fsp3) is 0.308. The molecule has 0 saturated heterocycles. The fourth-order valence-corrected chi connectivity index (χ4v) is 2.85. The molecule has 0 spiro atoms. The molecule has 0 amide bonds. The van der Waals surface area contributed by atoms with E-state index < -0.39 is 0 Å². The Bertz CT molecular complexity index is 498. The maximum Gasteiger partial charge on any atom is 0.113 e. The van der Waals surface area contributed by atoms with E-state index in [4.69, 9.17) is 11.6 Å². The van der Waals surface area contributed by atoms with Gasteiger partial charge in [0.2, 0.25) is 0 Å². The molecular weight excluding hydrogens is 332 g/mol. The minimum atomic E-state index is 0.411. The van der Waals surface area contributed by atoms with Crippen LogP contribution in [0.15, 0.2) is 34.9 Å². The topological polar surface area (TPSA) is 24.9 Å². The molecule has 0 aliphatic heterocycles. The fourth-order valence-electron chi connectivity index (χ4n) is 1.68. The molecule has 1 aromatic heterocycles. The van der Waals surface area contributed by atoms with E-state index in [0.29, 0.717) is 6.04 Å². The van der Waals surface area contributed by atoms with Crippen LogP contribution >= 0.6 is 38.9 Å². The van der Waals surface area contributed by atoms with Crippen LogP contribution in [0.5, 0.6) is 0 Å². The second-order valence-corrected chi connectivity index (χ2v) is 6.83. The van der Waals surface area contributed by atoms with Crippen molar-refractivity contribution in [2.45, 2.75) is 25.9 Å². The van der Waals surface area contributed by atoms with Crippen LogP contribution in [0.25, 0.3) is 0 Å². The first kappa shape index (κ1) is 14.0. The van der Waals surface area contributed by atoms with Crippen molar-refractivity contribution in [2.75, 3.05) is 0 Å². The lowest BCUT2D eigenvalue weighted by atomic mass is 10.1. The molecular formula is C13H14BrClN2S.